The Morgan fingerprint density at radius 1 is 1.26 bits per heavy atom. The number of nitrogens with zero attached hydrogens (tertiary/aromatic N) is 2. The Kier molecular flexibility index (Phi) is 3.71. The normalized spacial score (nSPS) is 22.1. The number of fused-ring (bicyclic) bond motifs is 1. The third kappa shape index (κ3) is 2.80. The maximum atomic E-state index is 12.6. The molecule has 1 aliphatic heterocycles. The van der Waals surface area contributed by atoms with Gasteiger partial charge < -0.3 is 15.2 Å². The van der Waals surface area contributed by atoms with Gasteiger partial charge in [-0.15, -0.1) is 0 Å². The molecular weight excluding hydrogens is 288 g/mol. The Labute approximate surface area is 136 Å². The average molecular weight is 312 g/mol. The Hall–Kier alpha value is -2.04. The summed E-state index contributed by atoms with van der Waals surface area (Å²) in [5, 5.41) is 3.21. The van der Waals surface area contributed by atoms with Crippen molar-refractivity contribution in [3.8, 4) is 0 Å². The van der Waals surface area contributed by atoms with Crippen LogP contribution in [0.1, 0.15) is 56.0 Å². The summed E-state index contributed by atoms with van der Waals surface area (Å²) in [5.74, 6) is 0.921. The second-order valence-electron chi connectivity index (χ2n) is 6.92. The van der Waals surface area contributed by atoms with Gasteiger partial charge in [0.1, 0.15) is 5.82 Å². The highest BCUT2D eigenvalue weighted by atomic mass is 16.2. The fraction of sp³-hybridized carbons (Fsp3) is 0.556. The van der Waals surface area contributed by atoms with Crippen molar-refractivity contribution in [2.24, 2.45) is 0 Å². The minimum Gasteiger partial charge on any atom is -0.340 e. The van der Waals surface area contributed by atoms with E-state index in [-0.39, 0.29) is 12.1 Å². The van der Waals surface area contributed by atoms with Crippen LogP contribution in [0.5, 0.6) is 0 Å². The SMILES string of the molecule is Cc1ccc2nc(C3CCCN3C(=O)NC3CCCC3)[nH]c2c1. The first-order valence-corrected chi connectivity index (χ1v) is 8.74. The van der Waals surface area contributed by atoms with E-state index in [0.29, 0.717) is 6.04 Å². The Bertz CT molecular complexity index is 717. The van der Waals surface area contributed by atoms with Crippen LogP contribution >= 0.6 is 0 Å². The van der Waals surface area contributed by atoms with E-state index in [2.05, 4.69) is 29.4 Å². The number of benzene rings is 1. The molecule has 1 aliphatic carbocycles. The van der Waals surface area contributed by atoms with Crippen LogP contribution in [0.25, 0.3) is 11.0 Å². The molecular formula is C18H24N4O. The molecule has 23 heavy (non-hydrogen) atoms. The molecule has 5 nitrogen and oxygen atoms in total. The molecule has 2 heterocycles. The maximum absolute atomic E-state index is 12.6. The van der Waals surface area contributed by atoms with Crippen LogP contribution in [0, 0.1) is 6.92 Å². The number of carbonyl (C=O) groups excluding carboxylic acids is 1. The van der Waals surface area contributed by atoms with E-state index in [1.165, 1.54) is 18.4 Å². The summed E-state index contributed by atoms with van der Waals surface area (Å²) in [4.78, 5) is 22.7. The number of aromatic nitrogens is 2. The first-order chi connectivity index (χ1) is 11.2. The van der Waals surface area contributed by atoms with Gasteiger partial charge in [-0.1, -0.05) is 18.9 Å². The van der Waals surface area contributed by atoms with Crippen molar-refractivity contribution in [3.63, 3.8) is 0 Å². The first kappa shape index (κ1) is 14.5. The van der Waals surface area contributed by atoms with Crippen molar-refractivity contribution >= 4 is 17.1 Å². The van der Waals surface area contributed by atoms with E-state index in [1.54, 1.807) is 0 Å². The molecule has 1 unspecified atom stereocenters. The van der Waals surface area contributed by atoms with Crippen LogP contribution in [0.3, 0.4) is 0 Å². The lowest BCUT2D eigenvalue weighted by Crippen LogP contribution is -2.43. The molecule has 122 valence electrons. The minimum atomic E-state index is 0.0732. The second kappa shape index (κ2) is 5.87. The van der Waals surface area contributed by atoms with Gasteiger partial charge in [-0.3, -0.25) is 0 Å². The third-order valence-electron chi connectivity index (χ3n) is 5.17. The molecule has 1 aromatic heterocycles. The fourth-order valence-electron chi connectivity index (χ4n) is 3.92. The predicted octanol–water partition coefficient (Wildman–Crippen LogP) is 3.66. The summed E-state index contributed by atoms with van der Waals surface area (Å²) in [6.45, 7) is 2.90. The number of hydrogen-bond donors (Lipinski definition) is 2. The number of hydrogen-bond acceptors (Lipinski definition) is 2. The molecule has 2 aliphatic rings. The van der Waals surface area contributed by atoms with Crippen molar-refractivity contribution in [2.45, 2.75) is 57.5 Å². The van der Waals surface area contributed by atoms with Crippen LogP contribution in [0.15, 0.2) is 18.2 Å². The lowest BCUT2D eigenvalue weighted by Gasteiger charge is -2.25. The van der Waals surface area contributed by atoms with Crippen LogP contribution in [-0.2, 0) is 0 Å². The maximum Gasteiger partial charge on any atom is 0.318 e. The van der Waals surface area contributed by atoms with E-state index in [9.17, 15) is 4.79 Å². The van der Waals surface area contributed by atoms with Crippen molar-refractivity contribution in [2.75, 3.05) is 6.54 Å². The highest BCUT2D eigenvalue weighted by molar-refractivity contribution is 5.77. The molecule has 1 saturated carbocycles. The fourth-order valence-corrected chi connectivity index (χ4v) is 3.92. The van der Waals surface area contributed by atoms with Gasteiger partial charge in [-0.25, -0.2) is 9.78 Å². The molecule has 2 aromatic rings. The largest absolute Gasteiger partial charge is 0.340 e. The minimum absolute atomic E-state index is 0.0732. The highest BCUT2D eigenvalue weighted by Crippen LogP contribution is 2.32. The number of imidazole rings is 1. The van der Waals surface area contributed by atoms with Crippen molar-refractivity contribution in [1.82, 2.24) is 20.2 Å². The average Bonchev–Trinajstić information content (AvgIpc) is 3.26. The number of H-pyrrole nitrogens is 1. The Morgan fingerprint density at radius 3 is 2.91 bits per heavy atom. The molecule has 0 bridgehead atoms. The van der Waals surface area contributed by atoms with Crippen LogP contribution in [-0.4, -0.2) is 33.5 Å². The number of aryl methyl sites for hydroxylation is 1. The summed E-state index contributed by atoms with van der Waals surface area (Å²) < 4.78 is 0. The van der Waals surface area contributed by atoms with Gasteiger partial charge in [0.15, 0.2) is 0 Å². The lowest BCUT2D eigenvalue weighted by molar-refractivity contribution is 0.187. The smallest absolute Gasteiger partial charge is 0.318 e. The number of carbonyl (C=O) groups is 1. The first-order valence-electron chi connectivity index (χ1n) is 8.74. The number of amides is 2. The molecule has 1 aromatic carbocycles. The van der Waals surface area contributed by atoms with E-state index in [0.717, 1.165) is 49.1 Å². The molecule has 2 amide bonds. The zero-order valence-corrected chi connectivity index (χ0v) is 13.6. The van der Waals surface area contributed by atoms with Gasteiger partial charge in [0.2, 0.25) is 0 Å². The zero-order chi connectivity index (χ0) is 15.8. The quantitative estimate of drug-likeness (QED) is 0.889. The Balaban J connectivity index is 1.54. The van der Waals surface area contributed by atoms with Gasteiger partial charge in [-0.2, -0.15) is 0 Å². The van der Waals surface area contributed by atoms with E-state index < -0.39 is 0 Å². The highest BCUT2D eigenvalue weighted by Gasteiger charge is 2.33. The molecule has 1 atom stereocenters. The molecule has 4 rings (SSSR count). The summed E-state index contributed by atoms with van der Waals surface area (Å²) >= 11 is 0. The Morgan fingerprint density at radius 2 is 2.09 bits per heavy atom. The summed E-state index contributed by atoms with van der Waals surface area (Å²) in [5.41, 5.74) is 3.26. The molecule has 5 heteroatoms. The number of urea groups is 1. The van der Waals surface area contributed by atoms with E-state index >= 15 is 0 Å². The van der Waals surface area contributed by atoms with Gasteiger partial charge >= 0.3 is 6.03 Å². The number of nitrogens with one attached hydrogen (secondary N) is 2. The zero-order valence-electron chi connectivity index (χ0n) is 13.6. The second-order valence-corrected chi connectivity index (χ2v) is 6.92. The molecule has 0 spiro atoms. The monoisotopic (exact) mass is 312 g/mol. The van der Waals surface area contributed by atoms with Gasteiger partial charge in [0.05, 0.1) is 17.1 Å². The van der Waals surface area contributed by atoms with Crippen molar-refractivity contribution < 1.29 is 4.79 Å². The van der Waals surface area contributed by atoms with Crippen molar-refractivity contribution in [3.05, 3.63) is 29.6 Å². The lowest BCUT2D eigenvalue weighted by atomic mass is 10.2. The van der Waals surface area contributed by atoms with Crippen LogP contribution < -0.4 is 5.32 Å². The molecule has 0 radical (unpaired) electrons. The molecule has 2 N–H and O–H groups in total. The summed E-state index contributed by atoms with van der Waals surface area (Å²) in [7, 11) is 0. The molecule has 1 saturated heterocycles. The van der Waals surface area contributed by atoms with Gasteiger partial charge in [0, 0.05) is 12.6 Å². The van der Waals surface area contributed by atoms with Crippen LogP contribution in [0.4, 0.5) is 4.79 Å². The molecule has 2 fully saturated rings. The standard InChI is InChI=1S/C18H24N4O/c1-12-8-9-14-15(11-12)21-17(20-14)16-7-4-10-22(16)18(23)19-13-5-2-3-6-13/h8-9,11,13,16H,2-7,10H2,1H3,(H,19,23)(H,20,21). The van der Waals surface area contributed by atoms with Gasteiger partial charge in [-0.05, 0) is 50.3 Å². The number of likely N-dealkylation sites (tertiary alicyclic amines) is 1. The summed E-state index contributed by atoms with van der Waals surface area (Å²) in [6.07, 6.45) is 6.73. The third-order valence-corrected chi connectivity index (χ3v) is 5.17. The predicted molar refractivity (Wildman–Crippen MR) is 90.3 cm³/mol. The van der Waals surface area contributed by atoms with E-state index in [1.807, 2.05) is 11.0 Å². The summed E-state index contributed by atoms with van der Waals surface area (Å²) in [6, 6.07) is 6.75. The van der Waals surface area contributed by atoms with E-state index in [4.69, 9.17) is 4.98 Å². The number of rotatable bonds is 2. The van der Waals surface area contributed by atoms with Crippen molar-refractivity contribution in [1.29, 1.82) is 0 Å². The van der Waals surface area contributed by atoms with Gasteiger partial charge in [0.25, 0.3) is 0 Å². The topological polar surface area (TPSA) is 61.0 Å². The number of aromatic amines is 1. The van der Waals surface area contributed by atoms with Crippen LogP contribution in [0.2, 0.25) is 0 Å².